The number of carbonyl (C=O) groups excluding carboxylic acids is 2. The smallest absolute Gasteiger partial charge is 0.337 e. The summed E-state index contributed by atoms with van der Waals surface area (Å²) < 4.78 is 5.65. The highest BCUT2D eigenvalue weighted by atomic mass is 35.5. The molecule has 0 aromatic heterocycles. The van der Waals surface area contributed by atoms with E-state index in [4.69, 9.17) is 16.3 Å². The van der Waals surface area contributed by atoms with Gasteiger partial charge in [0, 0.05) is 16.4 Å². The zero-order valence-corrected chi connectivity index (χ0v) is 22.5. The fourth-order valence-corrected chi connectivity index (χ4v) is 5.31. The maximum Gasteiger partial charge on any atom is 0.337 e. The van der Waals surface area contributed by atoms with Crippen molar-refractivity contribution in [2.75, 3.05) is 11.1 Å². The maximum atomic E-state index is 13.4. The largest absolute Gasteiger partial charge is 0.457 e. The maximum absolute atomic E-state index is 13.4. The van der Waals surface area contributed by atoms with Crippen LogP contribution in [-0.2, 0) is 20.9 Å². The van der Waals surface area contributed by atoms with Crippen LogP contribution in [0.4, 0.5) is 5.69 Å². The number of aryl methyl sites for hydroxylation is 1. The fraction of sp³-hybridized carbons (Fsp3) is 0.167. The van der Waals surface area contributed by atoms with E-state index in [0.29, 0.717) is 38.1 Å². The summed E-state index contributed by atoms with van der Waals surface area (Å²) in [6, 6.07) is 26.3. The first-order valence-electron chi connectivity index (χ1n) is 11.9. The van der Waals surface area contributed by atoms with Crippen molar-refractivity contribution in [2.24, 2.45) is 0 Å². The van der Waals surface area contributed by atoms with Gasteiger partial charge in [0.25, 0.3) is 0 Å². The van der Waals surface area contributed by atoms with Crippen LogP contribution in [0.5, 0.6) is 0 Å². The number of nitriles is 1. The normalized spacial score (nSPS) is 14.9. The first kappa shape index (κ1) is 27.1. The number of esters is 1. The molecular weight excluding hydrogens is 518 g/mol. The van der Waals surface area contributed by atoms with Crippen LogP contribution in [0.15, 0.2) is 101 Å². The number of amides is 1. The minimum Gasteiger partial charge on any atom is -0.457 e. The van der Waals surface area contributed by atoms with Crippen molar-refractivity contribution in [1.82, 2.24) is 5.32 Å². The lowest BCUT2D eigenvalue weighted by Gasteiger charge is -2.29. The van der Waals surface area contributed by atoms with Crippen LogP contribution < -0.4 is 10.6 Å². The van der Waals surface area contributed by atoms with Gasteiger partial charge in [-0.25, -0.2) is 4.79 Å². The van der Waals surface area contributed by atoms with Crippen LogP contribution in [0.1, 0.15) is 29.5 Å². The van der Waals surface area contributed by atoms with Crippen LogP contribution in [0.3, 0.4) is 0 Å². The van der Waals surface area contributed by atoms with Gasteiger partial charge in [0.05, 0.1) is 33.9 Å². The number of nitrogens with zero attached hydrogens (tertiary/aromatic N) is 1. The van der Waals surface area contributed by atoms with E-state index in [1.165, 1.54) is 11.8 Å². The molecule has 1 aliphatic heterocycles. The lowest BCUT2D eigenvalue weighted by atomic mass is 9.82. The van der Waals surface area contributed by atoms with Gasteiger partial charge in [-0.3, -0.25) is 4.79 Å². The average Bonchev–Trinajstić information content (AvgIpc) is 2.91. The highest BCUT2D eigenvalue weighted by Crippen LogP contribution is 2.43. The van der Waals surface area contributed by atoms with Crippen molar-refractivity contribution in [3.05, 3.63) is 122 Å². The molecule has 1 heterocycles. The average molecular weight is 544 g/mol. The van der Waals surface area contributed by atoms with Crippen LogP contribution in [-0.4, -0.2) is 17.6 Å². The second-order valence-electron chi connectivity index (χ2n) is 8.74. The number of dihydropyridines is 1. The molecule has 4 rings (SSSR count). The van der Waals surface area contributed by atoms with E-state index in [1.54, 1.807) is 25.1 Å². The summed E-state index contributed by atoms with van der Waals surface area (Å²) in [6.45, 7) is 3.80. The van der Waals surface area contributed by atoms with E-state index in [1.807, 2.05) is 67.6 Å². The summed E-state index contributed by atoms with van der Waals surface area (Å²) in [5, 5.41) is 17.2. The minimum absolute atomic E-state index is 0.0672. The molecule has 192 valence electrons. The molecule has 3 aromatic rings. The van der Waals surface area contributed by atoms with E-state index in [-0.39, 0.29) is 18.3 Å². The number of allylic oxidation sites excluding steroid dienone is 2. The molecule has 2 N–H and O–H groups in total. The summed E-state index contributed by atoms with van der Waals surface area (Å²) in [4.78, 5) is 26.0. The number of halogens is 1. The zero-order valence-electron chi connectivity index (χ0n) is 21.0. The number of anilines is 1. The highest BCUT2D eigenvalue weighted by molar-refractivity contribution is 8.03. The van der Waals surface area contributed by atoms with Crippen LogP contribution in [0.25, 0.3) is 0 Å². The van der Waals surface area contributed by atoms with Gasteiger partial charge in [-0.05, 0) is 48.7 Å². The van der Waals surface area contributed by atoms with Crippen LogP contribution >= 0.6 is 23.4 Å². The van der Waals surface area contributed by atoms with Gasteiger partial charge in [-0.1, -0.05) is 84.0 Å². The third-order valence-electron chi connectivity index (χ3n) is 5.95. The number of thioether (sulfide) groups is 1. The Labute approximate surface area is 231 Å². The molecule has 8 heteroatoms. The number of hydrogen-bond donors (Lipinski definition) is 2. The number of nitrogens with one attached hydrogen (secondary N) is 2. The van der Waals surface area contributed by atoms with Crippen molar-refractivity contribution in [1.29, 1.82) is 5.26 Å². The molecule has 0 saturated carbocycles. The van der Waals surface area contributed by atoms with Crippen molar-refractivity contribution in [3.8, 4) is 6.07 Å². The zero-order chi connectivity index (χ0) is 27.1. The van der Waals surface area contributed by atoms with Gasteiger partial charge < -0.3 is 15.4 Å². The standard InChI is InChI=1S/C30H26ClN3O3S/c1-19-9-8-12-22(15-19)34-26(35)18-38-29-24(16-32)28(23-13-6-7-14-25(23)31)27(20(2)33-29)30(36)37-17-21-10-4-3-5-11-21/h3-15,28,33H,17-18H2,1-2H3,(H,34,35)/t28-/m0/s1. The Balaban J connectivity index is 1.60. The molecule has 0 aliphatic carbocycles. The molecule has 1 amide bonds. The fourth-order valence-electron chi connectivity index (χ4n) is 4.18. The molecule has 1 aliphatic rings. The van der Waals surface area contributed by atoms with Crippen LogP contribution in [0, 0.1) is 18.3 Å². The highest BCUT2D eigenvalue weighted by Gasteiger charge is 2.36. The lowest BCUT2D eigenvalue weighted by molar-refractivity contribution is -0.140. The van der Waals surface area contributed by atoms with E-state index >= 15 is 0 Å². The summed E-state index contributed by atoms with van der Waals surface area (Å²) in [5.41, 5.74) is 4.34. The summed E-state index contributed by atoms with van der Waals surface area (Å²) in [5.74, 6) is -1.44. The molecule has 0 spiro atoms. The number of hydrogen-bond acceptors (Lipinski definition) is 6. The van der Waals surface area contributed by atoms with Crippen LogP contribution in [0.2, 0.25) is 5.02 Å². The van der Waals surface area contributed by atoms with E-state index in [9.17, 15) is 14.9 Å². The Hall–Kier alpha value is -3.99. The van der Waals surface area contributed by atoms with E-state index in [2.05, 4.69) is 16.7 Å². The topological polar surface area (TPSA) is 91.2 Å². The van der Waals surface area contributed by atoms with Crippen molar-refractivity contribution < 1.29 is 14.3 Å². The summed E-state index contributed by atoms with van der Waals surface area (Å²) in [6.07, 6.45) is 0. The molecule has 3 aromatic carbocycles. The first-order chi connectivity index (χ1) is 18.4. The van der Waals surface area contributed by atoms with E-state index < -0.39 is 11.9 Å². The molecule has 1 atom stereocenters. The molecule has 0 unspecified atom stereocenters. The number of benzene rings is 3. The summed E-state index contributed by atoms with van der Waals surface area (Å²) in [7, 11) is 0. The predicted octanol–water partition coefficient (Wildman–Crippen LogP) is 6.46. The minimum atomic E-state index is -0.749. The predicted molar refractivity (Wildman–Crippen MR) is 151 cm³/mol. The van der Waals surface area contributed by atoms with Crippen molar-refractivity contribution >= 4 is 40.9 Å². The van der Waals surface area contributed by atoms with Gasteiger partial charge >= 0.3 is 5.97 Å². The van der Waals surface area contributed by atoms with Gasteiger partial charge in [0.15, 0.2) is 0 Å². The molecular formula is C30H26ClN3O3S. The van der Waals surface area contributed by atoms with Gasteiger partial charge in [0.1, 0.15) is 6.61 Å². The second-order valence-corrected chi connectivity index (χ2v) is 10.1. The third-order valence-corrected chi connectivity index (χ3v) is 7.31. The molecule has 38 heavy (non-hydrogen) atoms. The third kappa shape index (κ3) is 6.46. The Morgan fingerprint density at radius 2 is 1.79 bits per heavy atom. The van der Waals surface area contributed by atoms with Crippen molar-refractivity contribution in [3.63, 3.8) is 0 Å². The number of rotatable bonds is 8. The Morgan fingerprint density at radius 1 is 1.05 bits per heavy atom. The lowest BCUT2D eigenvalue weighted by Crippen LogP contribution is -2.29. The molecule has 0 saturated heterocycles. The second kappa shape index (κ2) is 12.5. The SMILES string of the molecule is CC1=C(C(=O)OCc2ccccc2)[C@@H](c2ccccc2Cl)C(C#N)=C(SCC(=O)Nc2cccc(C)c2)N1. The molecule has 0 fully saturated rings. The Morgan fingerprint density at radius 3 is 2.50 bits per heavy atom. The number of carbonyl (C=O) groups is 2. The first-order valence-corrected chi connectivity index (χ1v) is 13.3. The number of ether oxygens (including phenoxy) is 1. The van der Waals surface area contributed by atoms with Gasteiger partial charge in [0.2, 0.25) is 5.91 Å². The Kier molecular flexibility index (Phi) is 8.90. The molecule has 0 radical (unpaired) electrons. The van der Waals surface area contributed by atoms with Gasteiger partial charge in [-0.2, -0.15) is 5.26 Å². The summed E-state index contributed by atoms with van der Waals surface area (Å²) >= 11 is 7.75. The molecule has 6 nitrogen and oxygen atoms in total. The van der Waals surface area contributed by atoms with Gasteiger partial charge in [-0.15, -0.1) is 0 Å². The quantitative estimate of drug-likeness (QED) is 0.317. The van der Waals surface area contributed by atoms with E-state index in [0.717, 1.165) is 11.1 Å². The van der Waals surface area contributed by atoms with Crippen molar-refractivity contribution in [2.45, 2.75) is 26.4 Å². The Bertz CT molecular complexity index is 1460. The molecule has 0 bridgehead atoms. The monoisotopic (exact) mass is 543 g/mol.